The minimum atomic E-state index is 0.668. The van der Waals surface area contributed by atoms with Crippen molar-refractivity contribution in [1.82, 2.24) is 4.68 Å². The second-order valence-electron chi connectivity index (χ2n) is 7.76. The summed E-state index contributed by atoms with van der Waals surface area (Å²) in [5, 5.41) is 7.55. The fourth-order valence-electron chi connectivity index (χ4n) is 3.48. The average molecular weight is 512 g/mol. The van der Waals surface area contributed by atoms with Gasteiger partial charge in [0.15, 0.2) is 0 Å². The number of thiazole rings is 1. The summed E-state index contributed by atoms with van der Waals surface area (Å²) in [5.74, 6) is 2.22. The lowest BCUT2D eigenvalue weighted by molar-refractivity contribution is 0.415. The van der Waals surface area contributed by atoms with Gasteiger partial charge < -0.3 is 9.47 Å². The number of benzene rings is 4. The van der Waals surface area contributed by atoms with Crippen LogP contribution in [0.15, 0.2) is 119 Å². The molecule has 5 nitrogen and oxygen atoms in total. The van der Waals surface area contributed by atoms with Gasteiger partial charge >= 0.3 is 0 Å². The van der Waals surface area contributed by atoms with Crippen molar-refractivity contribution in [3.63, 3.8) is 0 Å². The SMILES string of the molecule is COc1ccc(N=c2scc(-c3ccccc3)n2/N=C/c2cccc(Oc3ccc(Cl)cc3)c2)cc1. The van der Waals surface area contributed by atoms with E-state index in [1.54, 1.807) is 25.5 Å². The summed E-state index contributed by atoms with van der Waals surface area (Å²) >= 11 is 7.51. The van der Waals surface area contributed by atoms with E-state index in [2.05, 4.69) is 17.5 Å². The summed E-state index contributed by atoms with van der Waals surface area (Å²) in [5.41, 5.74) is 3.73. The molecule has 0 amide bonds. The molecule has 0 atom stereocenters. The van der Waals surface area contributed by atoms with Crippen LogP contribution in [0.5, 0.6) is 17.2 Å². The zero-order chi connectivity index (χ0) is 24.7. The van der Waals surface area contributed by atoms with Gasteiger partial charge in [-0.2, -0.15) is 5.10 Å². The topological polar surface area (TPSA) is 48.1 Å². The average Bonchev–Trinajstić information content (AvgIpc) is 3.32. The first-order chi connectivity index (χ1) is 17.7. The van der Waals surface area contributed by atoms with E-state index in [1.165, 1.54) is 11.3 Å². The fraction of sp³-hybridized carbons (Fsp3) is 0.0345. The molecule has 0 spiro atoms. The summed E-state index contributed by atoms with van der Waals surface area (Å²) in [6.45, 7) is 0. The fourth-order valence-corrected chi connectivity index (χ4v) is 4.47. The van der Waals surface area contributed by atoms with Crippen LogP contribution in [0.2, 0.25) is 5.02 Å². The number of hydrogen-bond donors (Lipinski definition) is 0. The van der Waals surface area contributed by atoms with Gasteiger partial charge in [-0.15, -0.1) is 11.3 Å². The van der Waals surface area contributed by atoms with Crippen LogP contribution < -0.4 is 14.3 Å². The molecule has 36 heavy (non-hydrogen) atoms. The molecule has 1 heterocycles. The number of hydrogen-bond acceptors (Lipinski definition) is 5. The molecule has 0 radical (unpaired) electrons. The zero-order valence-electron chi connectivity index (χ0n) is 19.4. The maximum Gasteiger partial charge on any atom is 0.211 e. The minimum Gasteiger partial charge on any atom is -0.497 e. The van der Waals surface area contributed by atoms with Crippen molar-refractivity contribution in [3.8, 4) is 28.5 Å². The van der Waals surface area contributed by atoms with Crippen molar-refractivity contribution >= 4 is 34.8 Å². The Morgan fingerprint density at radius 1 is 0.806 bits per heavy atom. The number of halogens is 1. The normalized spacial score (nSPS) is 11.7. The molecular weight excluding hydrogens is 490 g/mol. The Labute approximate surface area is 218 Å². The van der Waals surface area contributed by atoms with E-state index < -0.39 is 0 Å². The molecule has 0 saturated carbocycles. The Morgan fingerprint density at radius 3 is 2.31 bits per heavy atom. The highest BCUT2D eigenvalue weighted by Gasteiger charge is 2.08. The van der Waals surface area contributed by atoms with Crippen molar-refractivity contribution in [2.75, 3.05) is 7.11 Å². The van der Waals surface area contributed by atoms with Gasteiger partial charge in [-0.1, -0.05) is 54.1 Å². The first kappa shape index (κ1) is 23.6. The molecule has 0 bridgehead atoms. The lowest BCUT2D eigenvalue weighted by atomic mass is 10.2. The number of ether oxygens (including phenoxy) is 2. The van der Waals surface area contributed by atoms with Crippen molar-refractivity contribution < 1.29 is 9.47 Å². The third kappa shape index (κ3) is 5.74. The molecule has 1 aromatic heterocycles. The number of nitrogens with zero attached hydrogens (tertiary/aromatic N) is 3. The molecule has 5 rings (SSSR count). The summed E-state index contributed by atoms with van der Waals surface area (Å²) in [4.78, 5) is 5.59. The molecule has 178 valence electrons. The molecule has 0 N–H and O–H groups in total. The van der Waals surface area contributed by atoms with E-state index >= 15 is 0 Å². The van der Waals surface area contributed by atoms with Crippen LogP contribution in [-0.2, 0) is 0 Å². The van der Waals surface area contributed by atoms with E-state index in [9.17, 15) is 0 Å². The molecule has 0 saturated heterocycles. The van der Waals surface area contributed by atoms with E-state index in [1.807, 2.05) is 83.5 Å². The van der Waals surface area contributed by atoms with E-state index in [0.717, 1.165) is 33.1 Å². The van der Waals surface area contributed by atoms with Gasteiger partial charge in [-0.05, 0) is 66.2 Å². The minimum absolute atomic E-state index is 0.668. The predicted molar refractivity (Wildman–Crippen MR) is 147 cm³/mol. The Morgan fingerprint density at radius 2 is 1.56 bits per heavy atom. The van der Waals surface area contributed by atoms with Gasteiger partial charge in [0, 0.05) is 16.0 Å². The van der Waals surface area contributed by atoms with E-state index in [0.29, 0.717) is 16.5 Å². The monoisotopic (exact) mass is 511 g/mol. The van der Waals surface area contributed by atoms with Crippen molar-refractivity contribution in [2.24, 2.45) is 10.1 Å². The third-order valence-corrected chi connectivity index (χ3v) is 6.35. The molecular formula is C29H22ClN3O2S. The largest absolute Gasteiger partial charge is 0.497 e. The lowest BCUT2D eigenvalue weighted by Crippen LogP contribution is -2.11. The molecule has 5 aromatic rings. The van der Waals surface area contributed by atoms with Gasteiger partial charge in [-0.3, -0.25) is 0 Å². The number of rotatable bonds is 7. The van der Waals surface area contributed by atoms with Crippen LogP contribution in [0, 0.1) is 0 Å². The Hall–Kier alpha value is -4.13. The van der Waals surface area contributed by atoms with Crippen LogP contribution in [-0.4, -0.2) is 18.0 Å². The third-order valence-electron chi connectivity index (χ3n) is 5.28. The van der Waals surface area contributed by atoms with Crippen molar-refractivity contribution in [2.45, 2.75) is 0 Å². The highest BCUT2D eigenvalue weighted by molar-refractivity contribution is 7.07. The van der Waals surface area contributed by atoms with E-state index in [4.69, 9.17) is 31.2 Å². The zero-order valence-corrected chi connectivity index (χ0v) is 21.0. The molecule has 7 heteroatoms. The second-order valence-corrected chi connectivity index (χ2v) is 9.04. The summed E-state index contributed by atoms with van der Waals surface area (Å²) < 4.78 is 13.1. The van der Waals surface area contributed by atoms with Gasteiger partial charge in [0.25, 0.3) is 0 Å². The van der Waals surface area contributed by atoms with Crippen LogP contribution in [0.1, 0.15) is 5.56 Å². The molecule has 0 unspecified atom stereocenters. The number of methoxy groups -OCH3 is 1. The Balaban J connectivity index is 1.49. The van der Waals surface area contributed by atoms with Gasteiger partial charge in [0.05, 0.1) is 24.7 Å². The van der Waals surface area contributed by atoms with Crippen LogP contribution in [0.4, 0.5) is 5.69 Å². The van der Waals surface area contributed by atoms with Crippen LogP contribution >= 0.6 is 22.9 Å². The quantitative estimate of drug-likeness (QED) is 0.209. The standard InChI is InChI=1S/C29H22ClN3O2S/c1-34-25-16-12-24(13-17-25)32-29-33(28(20-36-29)22-7-3-2-4-8-22)31-19-21-6-5-9-27(18-21)35-26-14-10-23(30)11-15-26/h2-20H,1H3/b31-19+,32-29?. The predicted octanol–water partition coefficient (Wildman–Crippen LogP) is 7.79. The van der Waals surface area contributed by atoms with Crippen LogP contribution in [0.25, 0.3) is 11.3 Å². The summed E-state index contributed by atoms with van der Waals surface area (Å²) in [7, 11) is 1.65. The van der Waals surface area contributed by atoms with Crippen molar-refractivity contribution in [3.05, 3.63) is 124 Å². The smallest absolute Gasteiger partial charge is 0.211 e. The molecule has 0 aliphatic rings. The summed E-state index contributed by atoms with van der Waals surface area (Å²) in [6, 6.07) is 32.8. The number of aromatic nitrogens is 1. The Kier molecular flexibility index (Phi) is 7.26. The molecule has 0 aliphatic carbocycles. The molecule has 0 aliphatic heterocycles. The first-order valence-corrected chi connectivity index (χ1v) is 12.5. The first-order valence-electron chi connectivity index (χ1n) is 11.2. The Bertz CT molecular complexity index is 1540. The molecule has 4 aromatic carbocycles. The highest BCUT2D eigenvalue weighted by Crippen LogP contribution is 2.24. The van der Waals surface area contributed by atoms with Gasteiger partial charge in [-0.25, -0.2) is 9.67 Å². The summed E-state index contributed by atoms with van der Waals surface area (Å²) in [6.07, 6.45) is 1.81. The van der Waals surface area contributed by atoms with E-state index in [-0.39, 0.29) is 0 Å². The second kappa shape index (κ2) is 11.1. The van der Waals surface area contributed by atoms with Gasteiger partial charge in [0.2, 0.25) is 4.80 Å². The van der Waals surface area contributed by atoms with Crippen LogP contribution in [0.3, 0.4) is 0 Å². The maximum atomic E-state index is 5.98. The lowest BCUT2D eigenvalue weighted by Gasteiger charge is -2.07. The van der Waals surface area contributed by atoms with Gasteiger partial charge in [0.1, 0.15) is 17.2 Å². The maximum absolute atomic E-state index is 5.98. The highest BCUT2D eigenvalue weighted by atomic mass is 35.5. The molecule has 0 fully saturated rings. The van der Waals surface area contributed by atoms with Crippen molar-refractivity contribution in [1.29, 1.82) is 0 Å².